The highest BCUT2D eigenvalue weighted by Crippen LogP contribution is 2.35. The lowest BCUT2D eigenvalue weighted by Gasteiger charge is -2.14. The molecule has 3 nitrogen and oxygen atoms in total. The van der Waals surface area contributed by atoms with Crippen LogP contribution in [0.2, 0.25) is 5.02 Å². The number of aliphatic imine (C=N–C) groups is 1. The maximum Gasteiger partial charge on any atom is 0.174 e. The van der Waals surface area contributed by atoms with Gasteiger partial charge in [-0.1, -0.05) is 41.9 Å². The fourth-order valence-electron chi connectivity index (χ4n) is 2.74. The maximum absolute atomic E-state index is 6.22. The zero-order valence-electron chi connectivity index (χ0n) is 16.0. The molecule has 0 unspecified atom stereocenters. The van der Waals surface area contributed by atoms with Crippen LogP contribution in [0.3, 0.4) is 0 Å². The Morgan fingerprint density at radius 3 is 2.61 bits per heavy atom. The molecular weight excluding hydrogens is 485 g/mol. The smallest absolute Gasteiger partial charge is 0.174 e. The molecule has 0 radical (unpaired) electrons. The first-order valence-corrected chi connectivity index (χ1v) is 10.3. The first kappa shape index (κ1) is 20.7. The molecular formula is C23H21ClINO2. The third-order valence-corrected chi connectivity index (χ3v) is 5.68. The molecule has 3 rings (SSSR count). The molecule has 0 aliphatic carbocycles. The number of ether oxygens (including phenoxy) is 2. The fourth-order valence-corrected chi connectivity index (χ4v) is 3.71. The van der Waals surface area contributed by atoms with Crippen molar-refractivity contribution in [2.45, 2.75) is 20.5 Å². The highest BCUT2D eigenvalue weighted by molar-refractivity contribution is 14.1. The normalized spacial score (nSPS) is 11.0. The van der Waals surface area contributed by atoms with E-state index < -0.39 is 0 Å². The number of nitrogens with zero attached hydrogens (tertiary/aromatic N) is 1. The topological polar surface area (TPSA) is 30.8 Å². The summed E-state index contributed by atoms with van der Waals surface area (Å²) in [7, 11) is 1.64. The summed E-state index contributed by atoms with van der Waals surface area (Å²) >= 11 is 8.48. The Bertz CT molecular complexity index is 1020. The van der Waals surface area contributed by atoms with Gasteiger partial charge in [0.15, 0.2) is 11.5 Å². The van der Waals surface area contributed by atoms with Gasteiger partial charge in [0.25, 0.3) is 0 Å². The van der Waals surface area contributed by atoms with Crippen LogP contribution in [0, 0.1) is 17.4 Å². The highest BCUT2D eigenvalue weighted by Gasteiger charge is 2.12. The monoisotopic (exact) mass is 505 g/mol. The van der Waals surface area contributed by atoms with Crippen molar-refractivity contribution in [3.63, 3.8) is 0 Å². The highest BCUT2D eigenvalue weighted by atomic mass is 127. The Balaban J connectivity index is 1.84. The van der Waals surface area contributed by atoms with Crippen LogP contribution in [0.25, 0.3) is 0 Å². The predicted octanol–water partition coefficient (Wildman–Crippen LogP) is 6.90. The Hall–Kier alpha value is -2.05. The van der Waals surface area contributed by atoms with Crippen molar-refractivity contribution in [2.24, 2.45) is 4.99 Å². The van der Waals surface area contributed by atoms with Gasteiger partial charge in [0, 0.05) is 16.8 Å². The summed E-state index contributed by atoms with van der Waals surface area (Å²) in [5.41, 5.74) is 5.26. The lowest BCUT2D eigenvalue weighted by molar-refractivity contribution is 0.282. The molecule has 3 aromatic carbocycles. The third kappa shape index (κ3) is 4.86. The van der Waals surface area contributed by atoms with E-state index >= 15 is 0 Å². The van der Waals surface area contributed by atoms with Crippen LogP contribution < -0.4 is 9.47 Å². The molecule has 0 atom stereocenters. The minimum absolute atomic E-state index is 0.377. The second kappa shape index (κ2) is 9.43. The standard InChI is InChI=1S/C23H21ClINO2/c1-15-7-6-10-21(16(15)2)26-13-17-11-20(25)23(22(12-17)27-3)28-14-18-8-4-5-9-19(18)24/h4-13H,14H2,1-3H3. The van der Waals surface area contributed by atoms with Gasteiger partial charge in [0.1, 0.15) is 6.61 Å². The van der Waals surface area contributed by atoms with Gasteiger partial charge in [-0.2, -0.15) is 0 Å². The van der Waals surface area contributed by atoms with Crippen LogP contribution in [0.5, 0.6) is 11.5 Å². The largest absolute Gasteiger partial charge is 0.493 e. The van der Waals surface area contributed by atoms with Gasteiger partial charge in [-0.05, 0) is 77.4 Å². The molecule has 28 heavy (non-hydrogen) atoms. The minimum Gasteiger partial charge on any atom is -0.493 e. The molecule has 0 aliphatic rings. The molecule has 0 aliphatic heterocycles. The van der Waals surface area contributed by atoms with E-state index in [9.17, 15) is 0 Å². The fraction of sp³-hybridized carbons (Fsp3) is 0.174. The summed E-state index contributed by atoms with van der Waals surface area (Å²) in [4.78, 5) is 4.65. The molecule has 0 amide bonds. The summed E-state index contributed by atoms with van der Waals surface area (Å²) < 4.78 is 12.5. The van der Waals surface area contributed by atoms with Crippen LogP contribution in [-0.4, -0.2) is 13.3 Å². The Morgan fingerprint density at radius 2 is 1.86 bits per heavy atom. The van der Waals surface area contributed by atoms with Gasteiger partial charge in [-0.15, -0.1) is 0 Å². The molecule has 144 valence electrons. The number of methoxy groups -OCH3 is 1. The van der Waals surface area contributed by atoms with Crippen LogP contribution in [-0.2, 0) is 6.61 Å². The number of hydrogen-bond acceptors (Lipinski definition) is 3. The zero-order chi connectivity index (χ0) is 20.1. The van der Waals surface area contributed by atoms with E-state index in [2.05, 4.69) is 47.5 Å². The van der Waals surface area contributed by atoms with Crippen LogP contribution >= 0.6 is 34.2 Å². The molecule has 0 aromatic heterocycles. The van der Waals surface area contributed by atoms with E-state index in [0.717, 1.165) is 20.4 Å². The maximum atomic E-state index is 6.22. The van der Waals surface area contributed by atoms with E-state index in [1.807, 2.05) is 54.7 Å². The van der Waals surface area contributed by atoms with E-state index in [0.29, 0.717) is 23.1 Å². The molecule has 0 saturated heterocycles. The van der Waals surface area contributed by atoms with Crippen molar-refractivity contribution in [2.75, 3.05) is 7.11 Å². The molecule has 3 aromatic rings. The molecule has 0 fully saturated rings. The van der Waals surface area contributed by atoms with E-state index in [4.69, 9.17) is 21.1 Å². The molecule has 0 N–H and O–H groups in total. The summed E-state index contributed by atoms with van der Waals surface area (Å²) in [6.07, 6.45) is 1.85. The minimum atomic E-state index is 0.377. The van der Waals surface area contributed by atoms with Crippen LogP contribution in [0.1, 0.15) is 22.3 Å². The van der Waals surface area contributed by atoms with Gasteiger partial charge in [0.05, 0.1) is 16.4 Å². The van der Waals surface area contributed by atoms with Crippen LogP contribution in [0.4, 0.5) is 5.69 Å². The van der Waals surface area contributed by atoms with Crippen molar-refractivity contribution >= 4 is 46.1 Å². The molecule has 0 bridgehead atoms. The SMILES string of the molecule is COc1cc(C=Nc2cccc(C)c2C)cc(I)c1OCc1ccccc1Cl. The van der Waals surface area contributed by atoms with Crippen molar-refractivity contribution in [1.29, 1.82) is 0 Å². The number of rotatable bonds is 6. The van der Waals surface area contributed by atoms with Gasteiger partial charge < -0.3 is 9.47 Å². The Kier molecular flexibility index (Phi) is 6.97. The number of halogens is 2. The summed E-state index contributed by atoms with van der Waals surface area (Å²) in [6.45, 7) is 4.55. The van der Waals surface area contributed by atoms with Crippen molar-refractivity contribution in [3.05, 3.63) is 85.4 Å². The molecule has 0 heterocycles. The summed E-state index contributed by atoms with van der Waals surface area (Å²) in [6, 6.07) is 17.7. The van der Waals surface area contributed by atoms with Crippen molar-refractivity contribution in [3.8, 4) is 11.5 Å². The number of hydrogen-bond donors (Lipinski definition) is 0. The number of benzene rings is 3. The van der Waals surface area contributed by atoms with Crippen molar-refractivity contribution in [1.82, 2.24) is 0 Å². The van der Waals surface area contributed by atoms with Gasteiger partial charge >= 0.3 is 0 Å². The summed E-state index contributed by atoms with van der Waals surface area (Å²) in [5, 5.41) is 0.689. The quantitative estimate of drug-likeness (QED) is 0.269. The van der Waals surface area contributed by atoms with Gasteiger partial charge in [0.2, 0.25) is 0 Å². The average molecular weight is 506 g/mol. The number of aryl methyl sites for hydroxylation is 1. The first-order valence-electron chi connectivity index (χ1n) is 8.83. The average Bonchev–Trinajstić information content (AvgIpc) is 2.69. The zero-order valence-corrected chi connectivity index (χ0v) is 18.9. The Labute approximate surface area is 184 Å². The summed E-state index contributed by atoms with van der Waals surface area (Å²) in [5.74, 6) is 1.37. The Morgan fingerprint density at radius 1 is 1.07 bits per heavy atom. The molecule has 0 saturated carbocycles. The van der Waals surface area contributed by atoms with Crippen LogP contribution in [0.15, 0.2) is 59.6 Å². The van der Waals surface area contributed by atoms with E-state index in [1.165, 1.54) is 11.1 Å². The van der Waals surface area contributed by atoms with Crippen molar-refractivity contribution < 1.29 is 9.47 Å². The second-order valence-electron chi connectivity index (χ2n) is 6.39. The lowest BCUT2D eigenvalue weighted by Crippen LogP contribution is -2.01. The lowest BCUT2D eigenvalue weighted by atomic mass is 10.1. The third-order valence-electron chi connectivity index (χ3n) is 4.51. The first-order chi connectivity index (χ1) is 13.5. The van der Waals surface area contributed by atoms with E-state index in [-0.39, 0.29) is 0 Å². The molecule has 0 spiro atoms. The molecule has 5 heteroatoms. The predicted molar refractivity (Wildman–Crippen MR) is 125 cm³/mol. The van der Waals surface area contributed by atoms with E-state index in [1.54, 1.807) is 7.11 Å². The van der Waals surface area contributed by atoms with Gasteiger partial charge in [-0.3, -0.25) is 4.99 Å². The van der Waals surface area contributed by atoms with Gasteiger partial charge in [-0.25, -0.2) is 0 Å². The second-order valence-corrected chi connectivity index (χ2v) is 7.96.